The number of nitrogens with zero attached hydrogens (tertiary/aromatic N) is 4. The van der Waals surface area contributed by atoms with E-state index in [-0.39, 0.29) is 17.8 Å². The Morgan fingerprint density at radius 2 is 0.767 bits per heavy atom. The van der Waals surface area contributed by atoms with E-state index in [2.05, 4.69) is 149 Å². The van der Waals surface area contributed by atoms with Crippen LogP contribution in [0.1, 0.15) is 51.1 Å². The lowest BCUT2D eigenvalue weighted by Gasteiger charge is -2.18. The molecule has 0 atom stereocenters. The number of aliphatic imine (C=N–C) groups is 1. The van der Waals surface area contributed by atoms with Crippen LogP contribution in [0, 0.1) is 0 Å². The van der Waals surface area contributed by atoms with Crippen molar-refractivity contribution in [3.05, 3.63) is 288 Å². The third-order valence-corrected chi connectivity index (χ3v) is 12.2. The Kier molecular flexibility index (Phi) is 16.4. The van der Waals surface area contributed by atoms with Gasteiger partial charge in [-0.1, -0.05) is 218 Å². The van der Waals surface area contributed by atoms with E-state index in [9.17, 15) is 4.79 Å². The molecule has 3 aromatic heterocycles. The number of fused-ring (bicyclic) bond motifs is 3. The summed E-state index contributed by atoms with van der Waals surface area (Å²) in [6.45, 7) is 0.786. The van der Waals surface area contributed by atoms with Gasteiger partial charge in [-0.05, 0) is 69.8 Å². The number of H-pyrrole nitrogens is 3. The summed E-state index contributed by atoms with van der Waals surface area (Å²) >= 11 is 0. The van der Waals surface area contributed by atoms with Crippen molar-refractivity contribution in [3.8, 4) is 0 Å². The molecule has 10 heteroatoms. The topological polar surface area (TPSA) is 154 Å². The highest BCUT2D eigenvalue weighted by Gasteiger charge is 2.16. The van der Waals surface area contributed by atoms with Crippen LogP contribution < -0.4 is 11.1 Å². The number of para-hydroxylation sites is 6. The van der Waals surface area contributed by atoms with Crippen LogP contribution >= 0.6 is 0 Å². The van der Waals surface area contributed by atoms with Gasteiger partial charge in [-0.3, -0.25) is 0 Å². The molecule has 0 unspecified atom stereocenters. The number of carbonyl (C=O) groups excluding carboxylic acids is 1. The lowest BCUT2D eigenvalue weighted by molar-refractivity contribution is -0.108. The van der Waals surface area contributed by atoms with Gasteiger partial charge < -0.3 is 30.8 Å². The fourth-order valence-corrected chi connectivity index (χ4v) is 8.51. The zero-order chi connectivity index (χ0) is 49.9. The predicted molar refractivity (Wildman–Crippen MR) is 300 cm³/mol. The monoisotopic (exact) mass is 953 g/mol. The van der Waals surface area contributed by atoms with Crippen molar-refractivity contribution in [2.24, 2.45) is 4.99 Å². The van der Waals surface area contributed by atoms with Crippen LogP contribution in [0.15, 0.2) is 260 Å². The van der Waals surface area contributed by atoms with Crippen LogP contribution in [-0.4, -0.2) is 48.9 Å². The van der Waals surface area contributed by atoms with Gasteiger partial charge in [0.1, 0.15) is 6.29 Å². The number of hydrogen-bond donors (Lipinski definition) is 5. The quantitative estimate of drug-likeness (QED) is 0.0607. The fourth-order valence-electron chi connectivity index (χ4n) is 8.51. The molecule has 0 saturated heterocycles. The summed E-state index contributed by atoms with van der Waals surface area (Å²) in [5.41, 5.74) is 18.4. The van der Waals surface area contributed by atoms with E-state index < -0.39 is 0 Å². The van der Waals surface area contributed by atoms with Crippen molar-refractivity contribution < 1.29 is 4.79 Å². The summed E-state index contributed by atoms with van der Waals surface area (Å²) in [5, 5.41) is 3.46. The number of nitrogens with two attached hydrogens (primary N) is 1. The summed E-state index contributed by atoms with van der Waals surface area (Å²) in [4.78, 5) is 38.4. The van der Waals surface area contributed by atoms with E-state index in [0.29, 0.717) is 11.9 Å². The molecule has 0 saturated carbocycles. The Labute approximate surface area is 424 Å². The first-order valence-corrected chi connectivity index (χ1v) is 24.2. The second-order valence-electron chi connectivity index (χ2n) is 17.1. The molecular formula is C63H55N9O. The molecule has 10 nitrogen and oxygen atoms in total. The molecule has 73 heavy (non-hydrogen) atoms. The molecule has 0 radical (unpaired) electrons. The lowest BCUT2D eigenvalue weighted by Crippen LogP contribution is -2.14. The number of aromatic amines is 3. The molecule has 12 rings (SSSR count). The number of hydrogen-bond acceptors (Lipinski definition) is 7. The number of carbonyl (C=O) groups is 1. The highest BCUT2D eigenvalue weighted by molar-refractivity contribution is 5.80. The van der Waals surface area contributed by atoms with Crippen molar-refractivity contribution in [1.82, 2.24) is 29.9 Å². The van der Waals surface area contributed by atoms with Crippen molar-refractivity contribution in [3.63, 3.8) is 0 Å². The third kappa shape index (κ3) is 13.2. The van der Waals surface area contributed by atoms with Crippen LogP contribution in [0.3, 0.4) is 0 Å². The van der Waals surface area contributed by atoms with Gasteiger partial charge in [0.25, 0.3) is 0 Å². The van der Waals surface area contributed by atoms with E-state index in [1.807, 2.05) is 152 Å². The van der Waals surface area contributed by atoms with Crippen molar-refractivity contribution >= 4 is 63.4 Å². The van der Waals surface area contributed by atoms with E-state index in [1.54, 1.807) is 0 Å². The minimum Gasteiger partial charge on any atom is -0.369 e. The second kappa shape index (κ2) is 24.7. The molecule has 0 amide bonds. The Hall–Kier alpha value is -9.67. The Morgan fingerprint density at radius 3 is 1.18 bits per heavy atom. The first kappa shape index (κ1) is 48.4. The average Bonchev–Trinajstić information content (AvgIpc) is 4.19. The molecule has 0 aliphatic heterocycles. The van der Waals surface area contributed by atoms with Gasteiger partial charge in [0, 0.05) is 24.6 Å². The van der Waals surface area contributed by atoms with E-state index >= 15 is 0 Å². The highest BCUT2D eigenvalue weighted by Crippen LogP contribution is 2.27. The van der Waals surface area contributed by atoms with Crippen molar-refractivity contribution in [1.29, 1.82) is 0 Å². The van der Waals surface area contributed by atoms with Crippen LogP contribution in [0.25, 0.3) is 33.1 Å². The molecule has 0 fully saturated rings. The third-order valence-electron chi connectivity index (χ3n) is 12.2. The highest BCUT2D eigenvalue weighted by atomic mass is 16.1. The molecule has 0 spiro atoms. The Balaban J connectivity index is 0.000000126. The molecule has 358 valence electrons. The van der Waals surface area contributed by atoms with Gasteiger partial charge in [-0.25, -0.2) is 19.9 Å². The maximum absolute atomic E-state index is 11.1. The molecule has 6 N–H and O–H groups in total. The second-order valence-corrected chi connectivity index (χ2v) is 17.1. The minimum absolute atomic E-state index is 0.0978. The maximum Gasteiger partial charge on any atom is 0.227 e. The van der Waals surface area contributed by atoms with Gasteiger partial charge in [0.2, 0.25) is 11.9 Å². The van der Waals surface area contributed by atoms with Gasteiger partial charge >= 0.3 is 0 Å². The molecule has 12 aromatic rings. The van der Waals surface area contributed by atoms with Crippen LogP contribution in [-0.2, 0) is 4.79 Å². The van der Waals surface area contributed by atoms with E-state index in [1.165, 1.54) is 22.3 Å². The zero-order valence-electron chi connectivity index (χ0n) is 40.1. The van der Waals surface area contributed by atoms with Crippen molar-refractivity contribution in [2.75, 3.05) is 17.6 Å². The number of nitrogen functional groups attached to an aromatic ring is 1. The van der Waals surface area contributed by atoms with Gasteiger partial charge in [-0.2, -0.15) is 0 Å². The fraction of sp³-hybridized carbons (Fsp3) is 0.0635. The van der Waals surface area contributed by atoms with E-state index in [4.69, 9.17) is 5.73 Å². The number of aldehydes is 1. The standard InChI is InChI=1S/C21H19N3.C21H17N3.C14H12O.C7H7N3/c2*1-3-9-16(10-4-1)18(17-11-5-2-6-12-17)15-22-21-23-19-13-7-8-14-20(19)24-21;15-11-14(12-7-3-1-4-8-12)13-9-5-2-6-10-13;8-7-9-5-3-1-2-4-6(5)10-7/h1-14,18H,15H2,(H2,22,23,24);1-15,18H,(H,23,24);1-11,14H;1-4H,(H3,8,9,10). The summed E-state index contributed by atoms with van der Waals surface area (Å²) < 4.78 is 0. The van der Waals surface area contributed by atoms with Crippen LogP contribution in [0.5, 0.6) is 0 Å². The summed E-state index contributed by atoms with van der Waals surface area (Å²) in [6, 6.07) is 85.4. The average molecular weight is 954 g/mol. The SMILES string of the molecule is C(=Nc1nc2ccccc2[nH]1)C(c1ccccc1)c1ccccc1.Nc1nc2ccccc2[nH]1.O=CC(c1ccccc1)c1ccccc1.c1ccc(C(CNc2nc3ccccc3[nH]2)c2ccccc2)cc1. The number of benzene rings is 9. The first-order valence-electron chi connectivity index (χ1n) is 24.2. The molecular weight excluding hydrogens is 899 g/mol. The molecule has 9 aromatic carbocycles. The zero-order valence-corrected chi connectivity index (χ0v) is 40.1. The summed E-state index contributed by atoms with van der Waals surface area (Å²) in [5.74, 6) is 2.15. The van der Waals surface area contributed by atoms with Crippen molar-refractivity contribution in [2.45, 2.75) is 17.8 Å². The van der Waals surface area contributed by atoms with Gasteiger partial charge in [0.15, 0.2) is 5.95 Å². The number of rotatable bonds is 12. The predicted octanol–water partition coefficient (Wildman–Crippen LogP) is 14.1. The smallest absolute Gasteiger partial charge is 0.227 e. The Morgan fingerprint density at radius 1 is 0.411 bits per heavy atom. The normalized spacial score (nSPS) is 10.9. The van der Waals surface area contributed by atoms with Gasteiger partial charge in [-0.15, -0.1) is 0 Å². The lowest BCUT2D eigenvalue weighted by atomic mass is 9.91. The summed E-state index contributed by atoms with van der Waals surface area (Å²) in [7, 11) is 0. The number of nitrogens with one attached hydrogen (secondary N) is 4. The number of anilines is 2. The van der Waals surface area contributed by atoms with Crippen LogP contribution in [0.2, 0.25) is 0 Å². The minimum atomic E-state index is -0.146. The number of imidazole rings is 3. The molecule has 0 bridgehead atoms. The molecule has 3 heterocycles. The molecule has 0 aliphatic carbocycles. The first-order chi connectivity index (χ1) is 36.1. The summed E-state index contributed by atoms with van der Waals surface area (Å²) in [6.07, 6.45) is 2.95. The molecule has 0 aliphatic rings. The van der Waals surface area contributed by atoms with Gasteiger partial charge in [0.05, 0.1) is 39.0 Å². The Bertz CT molecular complexity index is 3350. The van der Waals surface area contributed by atoms with E-state index in [0.717, 1.165) is 63.0 Å². The maximum atomic E-state index is 11.1. The number of aromatic nitrogens is 6. The van der Waals surface area contributed by atoms with Crippen LogP contribution in [0.4, 0.5) is 17.8 Å². The largest absolute Gasteiger partial charge is 0.369 e.